The summed E-state index contributed by atoms with van der Waals surface area (Å²) in [6, 6.07) is 9.48. The number of hydrogen-bond donors (Lipinski definition) is 1. The highest BCUT2D eigenvalue weighted by atomic mass is 16.6. The van der Waals surface area contributed by atoms with Crippen molar-refractivity contribution in [1.29, 1.82) is 0 Å². The maximum absolute atomic E-state index is 12.8. The second-order valence-corrected chi connectivity index (χ2v) is 9.73. The lowest BCUT2D eigenvalue weighted by molar-refractivity contribution is -0.154. The van der Waals surface area contributed by atoms with E-state index in [9.17, 15) is 9.59 Å². The van der Waals surface area contributed by atoms with Gasteiger partial charge in [-0.1, -0.05) is 57.9 Å². The molecule has 0 spiro atoms. The topological polar surface area (TPSA) is 110 Å². The number of unbranched alkanes of at least 4 members (excludes halogenated alkanes) is 2. The van der Waals surface area contributed by atoms with Gasteiger partial charge in [-0.2, -0.15) is 4.98 Å². The number of rotatable bonds is 9. The first-order valence-corrected chi connectivity index (χ1v) is 12.5. The van der Waals surface area contributed by atoms with Gasteiger partial charge in [0.1, 0.15) is 24.1 Å². The molecule has 1 saturated heterocycles. The third kappa shape index (κ3) is 5.65. The number of nitrogens with two attached hydrogens (primary N) is 1. The lowest BCUT2D eigenvalue weighted by atomic mass is 10.0. The van der Waals surface area contributed by atoms with E-state index in [0.717, 1.165) is 12.0 Å². The van der Waals surface area contributed by atoms with Crippen LogP contribution in [0.4, 0.5) is 0 Å². The molecule has 35 heavy (non-hydrogen) atoms. The van der Waals surface area contributed by atoms with Gasteiger partial charge in [0, 0.05) is 18.2 Å². The van der Waals surface area contributed by atoms with Gasteiger partial charge in [0.25, 0.3) is 0 Å². The summed E-state index contributed by atoms with van der Waals surface area (Å²) in [6.07, 6.45) is 5.26. The molecule has 2 aromatic heterocycles. The maximum atomic E-state index is 12.8. The number of carbonyl (C=O) groups is 1. The van der Waals surface area contributed by atoms with Crippen molar-refractivity contribution in [2.24, 2.45) is 11.7 Å². The number of carbonyl (C=O) groups excluding carboxylic acids is 1. The van der Waals surface area contributed by atoms with E-state index >= 15 is 0 Å². The van der Waals surface area contributed by atoms with Crippen molar-refractivity contribution in [2.45, 2.75) is 84.3 Å². The Bertz CT molecular complexity index is 1210. The smallest absolute Gasteiger partial charge is 0.353 e. The first-order valence-electron chi connectivity index (χ1n) is 12.5. The largest absolute Gasteiger partial charge is 0.458 e. The number of hydrogen-bond acceptors (Lipinski definition) is 7. The van der Waals surface area contributed by atoms with Gasteiger partial charge in [-0.05, 0) is 37.3 Å². The van der Waals surface area contributed by atoms with Crippen molar-refractivity contribution < 1.29 is 18.7 Å². The highest BCUT2D eigenvalue weighted by Crippen LogP contribution is 2.32. The first kappa shape index (κ1) is 25.1. The van der Waals surface area contributed by atoms with Crippen molar-refractivity contribution in [2.75, 3.05) is 0 Å². The van der Waals surface area contributed by atoms with Gasteiger partial charge >= 0.3 is 11.7 Å². The normalized spacial score (nSPS) is 21.0. The van der Waals surface area contributed by atoms with Crippen LogP contribution < -0.4 is 11.4 Å². The first-order chi connectivity index (χ1) is 16.8. The van der Waals surface area contributed by atoms with Crippen LogP contribution in [-0.4, -0.2) is 33.8 Å². The molecular weight excluding hydrogens is 446 g/mol. The quantitative estimate of drug-likeness (QED) is 0.351. The highest BCUT2D eigenvalue weighted by Gasteiger charge is 2.38. The Kier molecular flexibility index (Phi) is 7.72. The van der Waals surface area contributed by atoms with Gasteiger partial charge in [-0.25, -0.2) is 4.79 Å². The average Bonchev–Trinajstić information content (AvgIpc) is 3.41. The van der Waals surface area contributed by atoms with Crippen molar-refractivity contribution in [1.82, 2.24) is 9.55 Å². The van der Waals surface area contributed by atoms with E-state index in [1.165, 1.54) is 29.4 Å². The predicted octanol–water partition coefficient (Wildman–Crippen LogP) is 4.59. The van der Waals surface area contributed by atoms with Crippen molar-refractivity contribution >= 4 is 17.1 Å². The fraction of sp³-hybridized carbons (Fsp3) is 0.519. The fourth-order valence-electron chi connectivity index (χ4n) is 4.29. The molecule has 1 aliphatic rings. The SMILES string of the molecule is CCCCCc1ccc(-c2cc3cn(C4CC(OC(=O)C(N)C(C)C)C(C)O4)c(=O)nc3o2)cc1. The van der Waals surface area contributed by atoms with Gasteiger partial charge in [0.05, 0.1) is 11.5 Å². The van der Waals surface area contributed by atoms with Crippen LogP contribution in [0.5, 0.6) is 0 Å². The molecule has 1 fully saturated rings. The van der Waals surface area contributed by atoms with E-state index in [4.69, 9.17) is 19.6 Å². The third-order valence-corrected chi connectivity index (χ3v) is 6.64. The zero-order valence-corrected chi connectivity index (χ0v) is 20.9. The lowest BCUT2D eigenvalue weighted by Crippen LogP contribution is -2.40. The Morgan fingerprint density at radius 2 is 2.00 bits per heavy atom. The van der Waals surface area contributed by atoms with Crippen LogP contribution in [0.2, 0.25) is 0 Å². The summed E-state index contributed by atoms with van der Waals surface area (Å²) >= 11 is 0. The van der Waals surface area contributed by atoms with Gasteiger partial charge in [-0.3, -0.25) is 9.36 Å². The van der Waals surface area contributed by atoms with E-state index in [-0.39, 0.29) is 17.7 Å². The Balaban J connectivity index is 1.50. The summed E-state index contributed by atoms with van der Waals surface area (Å²) in [5.74, 6) is 0.163. The van der Waals surface area contributed by atoms with Crippen LogP contribution in [0.3, 0.4) is 0 Å². The number of benzene rings is 1. The average molecular weight is 482 g/mol. The van der Waals surface area contributed by atoms with Gasteiger partial charge < -0.3 is 19.6 Å². The summed E-state index contributed by atoms with van der Waals surface area (Å²) < 4.78 is 18.9. The maximum Gasteiger partial charge on any atom is 0.353 e. The van der Waals surface area contributed by atoms with Crippen LogP contribution >= 0.6 is 0 Å². The van der Waals surface area contributed by atoms with Crippen molar-refractivity contribution in [3.63, 3.8) is 0 Å². The number of aryl methyl sites for hydroxylation is 1. The molecule has 4 unspecified atom stereocenters. The van der Waals surface area contributed by atoms with E-state index < -0.39 is 30.0 Å². The van der Waals surface area contributed by atoms with Crippen LogP contribution in [-0.2, 0) is 20.7 Å². The minimum absolute atomic E-state index is 0.0299. The number of esters is 1. The summed E-state index contributed by atoms with van der Waals surface area (Å²) in [6.45, 7) is 7.75. The van der Waals surface area contributed by atoms with E-state index in [1.807, 2.05) is 39.0 Å². The molecule has 4 atom stereocenters. The standard InChI is InChI=1S/C27H35N3O5/c1-5-6-7-8-18-9-11-19(12-10-18)22-13-20-15-30(27(32)29-25(20)34-22)23-14-21(17(4)33-23)35-26(31)24(28)16(2)3/h9-13,15-17,21,23-24H,5-8,14,28H2,1-4H3. The number of fused-ring (bicyclic) bond motifs is 1. The van der Waals surface area contributed by atoms with Crippen LogP contribution in [0.1, 0.15) is 65.2 Å². The van der Waals surface area contributed by atoms with Crippen molar-refractivity contribution in [3.05, 3.63) is 52.6 Å². The van der Waals surface area contributed by atoms with Gasteiger partial charge in [0.2, 0.25) is 5.71 Å². The number of aromatic nitrogens is 2. The van der Waals surface area contributed by atoms with Gasteiger partial charge in [0.15, 0.2) is 0 Å². The molecule has 1 aliphatic heterocycles. The molecule has 0 saturated carbocycles. The van der Waals surface area contributed by atoms with Crippen LogP contribution in [0.15, 0.2) is 45.7 Å². The summed E-state index contributed by atoms with van der Waals surface area (Å²) in [5, 5.41) is 0.699. The lowest BCUT2D eigenvalue weighted by Gasteiger charge is -2.19. The third-order valence-electron chi connectivity index (χ3n) is 6.64. The summed E-state index contributed by atoms with van der Waals surface area (Å²) in [7, 11) is 0. The summed E-state index contributed by atoms with van der Waals surface area (Å²) in [4.78, 5) is 29.2. The number of ether oxygens (including phenoxy) is 2. The molecule has 0 aliphatic carbocycles. The Labute approximate surface area is 205 Å². The number of nitrogens with zero attached hydrogens (tertiary/aromatic N) is 2. The molecule has 3 aromatic rings. The molecule has 188 valence electrons. The molecule has 8 heteroatoms. The highest BCUT2D eigenvalue weighted by molar-refractivity contribution is 5.79. The Hall–Kier alpha value is -2.97. The minimum Gasteiger partial charge on any atom is -0.458 e. The second-order valence-electron chi connectivity index (χ2n) is 9.73. The van der Waals surface area contributed by atoms with Crippen molar-refractivity contribution in [3.8, 4) is 11.3 Å². The summed E-state index contributed by atoms with van der Waals surface area (Å²) in [5.41, 5.74) is 7.94. The van der Waals surface area contributed by atoms with Crippen LogP contribution in [0.25, 0.3) is 22.4 Å². The fourth-order valence-corrected chi connectivity index (χ4v) is 4.29. The molecule has 8 nitrogen and oxygen atoms in total. The van der Waals surface area contributed by atoms with E-state index in [0.29, 0.717) is 17.6 Å². The predicted molar refractivity (Wildman–Crippen MR) is 134 cm³/mol. The van der Waals surface area contributed by atoms with E-state index in [2.05, 4.69) is 24.0 Å². The molecule has 1 aromatic carbocycles. The molecule has 4 rings (SSSR count). The molecule has 0 bridgehead atoms. The molecule has 2 N–H and O–H groups in total. The monoisotopic (exact) mass is 481 g/mol. The zero-order valence-electron chi connectivity index (χ0n) is 20.9. The molecule has 0 radical (unpaired) electrons. The Morgan fingerprint density at radius 1 is 1.26 bits per heavy atom. The van der Waals surface area contributed by atoms with Crippen LogP contribution in [0, 0.1) is 5.92 Å². The Morgan fingerprint density at radius 3 is 2.69 bits per heavy atom. The minimum atomic E-state index is -0.697. The molecular formula is C27H35N3O5. The second kappa shape index (κ2) is 10.7. The van der Waals surface area contributed by atoms with E-state index in [1.54, 1.807) is 6.20 Å². The molecule has 0 amide bonds. The van der Waals surface area contributed by atoms with Gasteiger partial charge in [-0.15, -0.1) is 0 Å². The molecule has 3 heterocycles. The number of furan rings is 1. The zero-order chi connectivity index (χ0) is 25.1.